The second-order valence-electron chi connectivity index (χ2n) is 24.8. The summed E-state index contributed by atoms with van der Waals surface area (Å²) in [6.45, 7) is 28.7. The summed E-state index contributed by atoms with van der Waals surface area (Å²) in [6, 6.07) is 39.3. The second kappa shape index (κ2) is 13.8. The van der Waals surface area contributed by atoms with Crippen molar-refractivity contribution in [1.29, 1.82) is 0 Å². The van der Waals surface area contributed by atoms with Gasteiger partial charge in [-0.2, -0.15) is 0 Å². The van der Waals surface area contributed by atoms with Gasteiger partial charge in [0.1, 0.15) is 0 Å². The first-order valence-electron chi connectivity index (χ1n) is 26.2. The fraction of sp³-hybridized carbons (Fsp3) is 0.419. The van der Waals surface area contributed by atoms with E-state index in [2.05, 4.69) is 191 Å². The molecule has 0 radical (unpaired) electrons. The summed E-state index contributed by atoms with van der Waals surface area (Å²) in [5, 5.41) is 0. The Labute approximate surface area is 396 Å². The summed E-state index contributed by atoms with van der Waals surface area (Å²) in [4.78, 5) is 4.96. The van der Waals surface area contributed by atoms with Gasteiger partial charge < -0.3 is 9.80 Å². The van der Waals surface area contributed by atoms with E-state index in [0.717, 1.165) is 72.6 Å². The molecule has 0 amide bonds. The Morgan fingerprint density at radius 3 is 1.49 bits per heavy atom. The second-order valence-corrected chi connectivity index (χ2v) is 24.8. The molecule has 5 aliphatic rings. The fourth-order valence-electron chi connectivity index (χ4n) is 13.1. The summed E-state index contributed by atoms with van der Waals surface area (Å²) < 4.78 is 27.6. The molecule has 0 unspecified atom stereocenters. The van der Waals surface area contributed by atoms with E-state index in [0.29, 0.717) is 5.56 Å². The van der Waals surface area contributed by atoms with Gasteiger partial charge in [0.2, 0.25) is 0 Å². The predicted octanol–water partition coefficient (Wildman–Crippen LogP) is 15.1. The first-order chi connectivity index (χ1) is 31.7. The van der Waals surface area contributed by atoms with E-state index in [1.807, 2.05) is 12.1 Å². The standard InChI is InChI=1S/C62H71BN2/c1-38-30-54-56-55(31-38)65(52-36-47-44(32-39(52)2)58(5,6)26-28-61(47,11)12)51-23-20-41(40-18-16-15-17-19-40)33-49(51)63(56)50-35-46-48(62(13,14)29-27-60(46,9)10)37-53(50)64(54)42-21-22-43-45(34-42)59(7,8)25-24-57(43,3)4/h15-23,30-37H,24-29H2,1-14H3/i1D3. The third kappa shape index (κ3) is 6.33. The number of fused-ring (bicyclic) bond motifs is 7. The maximum atomic E-state index is 9.18. The maximum absolute atomic E-state index is 9.18. The van der Waals surface area contributed by atoms with Gasteiger partial charge >= 0.3 is 0 Å². The van der Waals surface area contributed by atoms with E-state index in [-0.39, 0.29) is 39.2 Å². The smallest absolute Gasteiger partial charge is 0.252 e. The summed E-state index contributed by atoms with van der Waals surface area (Å²) in [5.41, 5.74) is 22.5. The van der Waals surface area contributed by atoms with Gasteiger partial charge in [0, 0.05) is 38.2 Å². The molecular weight excluding hydrogens is 784 g/mol. The number of anilines is 6. The van der Waals surface area contributed by atoms with Gasteiger partial charge in [0.15, 0.2) is 0 Å². The Kier molecular flexibility index (Phi) is 8.30. The number of hydrogen-bond acceptors (Lipinski definition) is 2. The first kappa shape index (κ1) is 39.2. The van der Waals surface area contributed by atoms with Crippen LogP contribution in [0.5, 0.6) is 0 Å². The summed E-state index contributed by atoms with van der Waals surface area (Å²) in [7, 11) is 0. The monoisotopic (exact) mass is 858 g/mol. The molecule has 0 spiro atoms. The molecule has 2 aliphatic heterocycles. The van der Waals surface area contributed by atoms with E-state index < -0.39 is 6.85 Å². The van der Waals surface area contributed by atoms with Crippen LogP contribution in [-0.4, -0.2) is 6.71 Å². The zero-order valence-corrected chi connectivity index (χ0v) is 41.5. The Bertz CT molecular complexity index is 3090. The highest BCUT2D eigenvalue weighted by Crippen LogP contribution is 2.54. The van der Waals surface area contributed by atoms with Crippen LogP contribution in [0.1, 0.15) is 170 Å². The molecule has 3 aliphatic carbocycles. The van der Waals surface area contributed by atoms with Crippen LogP contribution >= 0.6 is 0 Å². The van der Waals surface area contributed by atoms with Crippen LogP contribution in [-0.2, 0) is 32.5 Å². The highest BCUT2D eigenvalue weighted by Gasteiger charge is 2.48. The van der Waals surface area contributed by atoms with E-state index >= 15 is 0 Å². The molecule has 11 rings (SSSR count). The van der Waals surface area contributed by atoms with Crippen molar-refractivity contribution >= 4 is 57.2 Å². The molecule has 0 bridgehead atoms. The van der Waals surface area contributed by atoms with Gasteiger partial charge in [-0.15, -0.1) is 0 Å². The van der Waals surface area contributed by atoms with Crippen molar-refractivity contribution < 1.29 is 4.11 Å². The summed E-state index contributed by atoms with van der Waals surface area (Å²) in [5.74, 6) is 0. The van der Waals surface area contributed by atoms with Crippen LogP contribution < -0.4 is 26.2 Å². The quantitative estimate of drug-likeness (QED) is 0.163. The number of aryl methyl sites for hydroxylation is 2. The maximum Gasteiger partial charge on any atom is 0.252 e. The molecule has 2 heterocycles. The Morgan fingerprint density at radius 1 is 0.415 bits per heavy atom. The van der Waals surface area contributed by atoms with Crippen LogP contribution in [0.3, 0.4) is 0 Å². The molecule has 332 valence electrons. The highest BCUT2D eigenvalue weighted by molar-refractivity contribution is 7.00. The fourth-order valence-corrected chi connectivity index (χ4v) is 13.1. The average molecular weight is 858 g/mol. The minimum atomic E-state index is -2.35. The van der Waals surface area contributed by atoms with E-state index in [1.165, 1.54) is 66.5 Å². The van der Waals surface area contributed by atoms with E-state index in [1.54, 1.807) is 0 Å². The van der Waals surface area contributed by atoms with Gasteiger partial charge in [-0.05, 0) is 199 Å². The molecule has 65 heavy (non-hydrogen) atoms. The average Bonchev–Trinajstić information content (AvgIpc) is 3.27. The van der Waals surface area contributed by atoms with Crippen molar-refractivity contribution in [2.75, 3.05) is 9.80 Å². The summed E-state index contributed by atoms with van der Waals surface area (Å²) >= 11 is 0. The van der Waals surface area contributed by atoms with Gasteiger partial charge in [-0.1, -0.05) is 144 Å². The van der Waals surface area contributed by atoms with Crippen LogP contribution in [0, 0.1) is 13.8 Å². The molecule has 0 saturated carbocycles. The van der Waals surface area contributed by atoms with Crippen LogP contribution in [0.15, 0.2) is 103 Å². The molecule has 6 aromatic carbocycles. The van der Waals surface area contributed by atoms with Gasteiger partial charge in [-0.3, -0.25) is 0 Å². The largest absolute Gasteiger partial charge is 0.311 e. The third-order valence-electron chi connectivity index (χ3n) is 17.7. The van der Waals surface area contributed by atoms with E-state index in [4.69, 9.17) is 0 Å². The molecule has 0 N–H and O–H groups in total. The minimum absolute atomic E-state index is 0.0141. The topological polar surface area (TPSA) is 6.48 Å². The predicted molar refractivity (Wildman–Crippen MR) is 281 cm³/mol. The molecule has 6 aromatic rings. The minimum Gasteiger partial charge on any atom is -0.311 e. The van der Waals surface area contributed by atoms with Gasteiger partial charge in [0.25, 0.3) is 6.71 Å². The number of hydrogen-bond donors (Lipinski definition) is 0. The molecule has 0 aromatic heterocycles. The molecule has 3 heteroatoms. The van der Waals surface area contributed by atoms with Crippen molar-refractivity contribution in [3.05, 3.63) is 148 Å². The summed E-state index contributed by atoms with van der Waals surface area (Å²) in [6.07, 6.45) is 6.72. The number of benzene rings is 6. The zero-order chi connectivity index (χ0) is 48.5. The zero-order valence-electron chi connectivity index (χ0n) is 44.5. The number of rotatable bonds is 3. The van der Waals surface area contributed by atoms with E-state index in [9.17, 15) is 4.11 Å². The van der Waals surface area contributed by atoms with Crippen LogP contribution in [0.4, 0.5) is 34.1 Å². The lowest BCUT2D eigenvalue weighted by Crippen LogP contribution is -2.62. The van der Waals surface area contributed by atoms with Crippen LogP contribution in [0.2, 0.25) is 0 Å². The number of nitrogens with zero attached hydrogens (tertiary/aromatic N) is 2. The molecule has 0 fully saturated rings. The Morgan fingerprint density at radius 2 is 0.908 bits per heavy atom. The molecule has 2 nitrogen and oxygen atoms in total. The van der Waals surface area contributed by atoms with Gasteiger partial charge in [0.05, 0.1) is 0 Å². The van der Waals surface area contributed by atoms with Crippen molar-refractivity contribution in [3.8, 4) is 11.1 Å². The lowest BCUT2D eigenvalue weighted by Gasteiger charge is -2.48. The van der Waals surface area contributed by atoms with Crippen molar-refractivity contribution in [1.82, 2.24) is 0 Å². The highest BCUT2D eigenvalue weighted by atomic mass is 15.2. The molecule has 0 atom stereocenters. The Balaban J connectivity index is 1.29. The normalized spacial score (nSPS) is 21.6. The molecular formula is C62H71BN2. The van der Waals surface area contributed by atoms with Crippen molar-refractivity contribution in [2.45, 2.75) is 168 Å². The third-order valence-corrected chi connectivity index (χ3v) is 17.7. The SMILES string of the molecule is [2H]C([2H])([2H])c1cc2c3c(c1)N(c1cc4c(cc1C)C(C)(C)CCC4(C)C)c1ccc(-c4ccccc4)cc1B3c1cc3c(cc1N2c1ccc2c(c1)C(C)(C)CCC2(C)C)C(C)(C)CCC3(C)C. The van der Waals surface area contributed by atoms with Crippen molar-refractivity contribution in [3.63, 3.8) is 0 Å². The lowest BCUT2D eigenvalue weighted by atomic mass is 9.33. The van der Waals surface area contributed by atoms with Gasteiger partial charge in [-0.25, -0.2) is 0 Å². The van der Waals surface area contributed by atoms with Crippen LogP contribution in [0.25, 0.3) is 11.1 Å². The Hall–Kier alpha value is -5.02. The lowest BCUT2D eigenvalue weighted by molar-refractivity contribution is 0.332. The molecule has 0 saturated heterocycles. The first-order valence-corrected chi connectivity index (χ1v) is 24.7. The van der Waals surface area contributed by atoms with Crippen molar-refractivity contribution in [2.24, 2.45) is 0 Å².